The van der Waals surface area contributed by atoms with Crippen LogP contribution < -0.4 is 5.32 Å². The van der Waals surface area contributed by atoms with Crippen LogP contribution in [0.4, 0.5) is 4.39 Å². The van der Waals surface area contributed by atoms with E-state index in [1.54, 1.807) is 18.5 Å². The number of hydrogen-bond acceptors (Lipinski definition) is 4. The molecule has 0 aliphatic heterocycles. The minimum atomic E-state index is -0.214. The van der Waals surface area contributed by atoms with Gasteiger partial charge in [0.1, 0.15) is 5.82 Å². The smallest absolute Gasteiger partial charge is 0.192 e. The number of rotatable bonds is 5. The number of hydrogen-bond donors (Lipinski definition) is 1. The lowest BCUT2D eigenvalue weighted by molar-refractivity contribution is 0.588. The second-order valence-electron chi connectivity index (χ2n) is 5.03. The van der Waals surface area contributed by atoms with Crippen LogP contribution >= 0.6 is 11.8 Å². The average molecular weight is 289 g/mol. The minimum Gasteiger partial charge on any atom is -0.310 e. The summed E-state index contributed by atoms with van der Waals surface area (Å²) in [4.78, 5) is 9.07. The fourth-order valence-corrected chi connectivity index (χ4v) is 2.70. The van der Waals surface area contributed by atoms with Crippen molar-refractivity contribution in [2.75, 3.05) is 0 Å². The quantitative estimate of drug-likeness (QED) is 0.857. The molecular weight excluding hydrogens is 273 g/mol. The number of nitrogens with zero attached hydrogens (tertiary/aromatic N) is 2. The van der Waals surface area contributed by atoms with Gasteiger partial charge in [0.25, 0.3) is 0 Å². The van der Waals surface area contributed by atoms with Gasteiger partial charge in [-0.15, -0.1) is 0 Å². The van der Waals surface area contributed by atoms with E-state index in [4.69, 9.17) is 0 Å². The maximum atomic E-state index is 14.1. The molecule has 0 saturated heterocycles. The third kappa shape index (κ3) is 3.35. The topological polar surface area (TPSA) is 37.8 Å². The third-order valence-corrected chi connectivity index (χ3v) is 4.21. The Hall–Kier alpha value is -1.46. The first-order chi connectivity index (χ1) is 9.72. The van der Waals surface area contributed by atoms with Gasteiger partial charge in [-0.2, -0.15) is 0 Å². The van der Waals surface area contributed by atoms with E-state index in [0.717, 1.165) is 11.1 Å². The van der Waals surface area contributed by atoms with Crippen LogP contribution in [0.1, 0.15) is 24.0 Å². The molecule has 3 nitrogen and oxygen atoms in total. The van der Waals surface area contributed by atoms with E-state index in [1.807, 2.05) is 13.0 Å². The highest BCUT2D eigenvalue weighted by molar-refractivity contribution is 7.99. The number of aromatic nitrogens is 2. The van der Waals surface area contributed by atoms with Crippen molar-refractivity contribution in [3.8, 4) is 0 Å². The number of benzene rings is 1. The van der Waals surface area contributed by atoms with Crippen LogP contribution in [0.25, 0.3) is 0 Å². The molecule has 0 spiro atoms. The lowest BCUT2D eigenvalue weighted by Crippen LogP contribution is -2.16. The SMILES string of the molecule is Cc1cnc(Sc2c(F)cccc2CNC2CC2)nc1. The summed E-state index contributed by atoms with van der Waals surface area (Å²) < 4.78 is 14.1. The van der Waals surface area contributed by atoms with Crippen LogP contribution in [0.2, 0.25) is 0 Å². The second kappa shape index (κ2) is 5.89. The lowest BCUT2D eigenvalue weighted by Gasteiger charge is -2.10. The molecule has 1 aromatic heterocycles. The Bertz CT molecular complexity index is 597. The van der Waals surface area contributed by atoms with Gasteiger partial charge in [0, 0.05) is 25.0 Å². The van der Waals surface area contributed by atoms with Gasteiger partial charge in [-0.1, -0.05) is 12.1 Å². The van der Waals surface area contributed by atoms with Crippen molar-refractivity contribution < 1.29 is 4.39 Å². The number of nitrogens with one attached hydrogen (secondary N) is 1. The maximum Gasteiger partial charge on any atom is 0.192 e. The molecular formula is C15H16FN3S. The second-order valence-corrected chi connectivity index (χ2v) is 6.01. The summed E-state index contributed by atoms with van der Waals surface area (Å²) in [6.07, 6.45) is 5.94. The molecule has 1 heterocycles. The van der Waals surface area contributed by atoms with E-state index in [1.165, 1.54) is 30.7 Å². The largest absolute Gasteiger partial charge is 0.310 e. The van der Waals surface area contributed by atoms with E-state index >= 15 is 0 Å². The normalized spacial score (nSPS) is 14.5. The zero-order chi connectivity index (χ0) is 13.9. The third-order valence-electron chi connectivity index (χ3n) is 3.16. The summed E-state index contributed by atoms with van der Waals surface area (Å²) in [6.45, 7) is 2.62. The van der Waals surface area contributed by atoms with Gasteiger partial charge in [0.05, 0.1) is 4.90 Å². The molecule has 0 unspecified atom stereocenters. The van der Waals surface area contributed by atoms with Gasteiger partial charge in [0.2, 0.25) is 0 Å². The highest BCUT2D eigenvalue weighted by Gasteiger charge is 2.21. The van der Waals surface area contributed by atoms with E-state index in [2.05, 4.69) is 15.3 Å². The molecule has 2 aromatic rings. The summed E-state index contributed by atoms with van der Waals surface area (Å²) in [5, 5.41) is 3.99. The Morgan fingerprint density at radius 2 is 2.05 bits per heavy atom. The van der Waals surface area contributed by atoms with Crippen LogP contribution in [-0.2, 0) is 6.54 Å². The van der Waals surface area contributed by atoms with E-state index < -0.39 is 0 Å². The van der Waals surface area contributed by atoms with Gasteiger partial charge in [-0.05, 0) is 48.7 Å². The van der Waals surface area contributed by atoms with Crippen molar-refractivity contribution in [3.63, 3.8) is 0 Å². The molecule has 104 valence electrons. The molecule has 1 aliphatic carbocycles. The summed E-state index contributed by atoms with van der Waals surface area (Å²) >= 11 is 1.28. The summed E-state index contributed by atoms with van der Waals surface area (Å²) in [7, 11) is 0. The van der Waals surface area contributed by atoms with Crippen LogP contribution in [0.15, 0.2) is 40.6 Å². The molecule has 0 atom stereocenters. The predicted molar refractivity (Wildman–Crippen MR) is 77.2 cm³/mol. The average Bonchev–Trinajstić information content (AvgIpc) is 3.26. The molecule has 1 fully saturated rings. The fourth-order valence-electron chi connectivity index (χ4n) is 1.87. The monoisotopic (exact) mass is 289 g/mol. The van der Waals surface area contributed by atoms with Gasteiger partial charge < -0.3 is 5.32 Å². The summed E-state index contributed by atoms with van der Waals surface area (Å²) in [5.74, 6) is -0.214. The summed E-state index contributed by atoms with van der Waals surface area (Å²) in [5.41, 5.74) is 1.96. The van der Waals surface area contributed by atoms with E-state index in [-0.39, 0.29) is 5.82 Å². The van der Waals surface area contributed by atoms with Crippen LogP contribution in [-0.4, -0.2) is 16.0 Å². The minimum absolute atomic E-state index is 0.214. The lowest BCUT2D eigenvalue weighted by atomic mass is 10.2. The first-order valence-corrected chi connectivity index (χ1v) is 7.51. The van der Waals surface area contributed by atoms with Crippen LogP contribution in [0.3, 0.4) is 0 Å². The Kier molecular flexibility index (Phi) is 3.98. The zero-order valence-corrected chi connectivity index (χ0v) is 12.1. The first kappa shape index (κ1) is 13.5. The Labute approximate surface area is 122 Å². The highest BCUT2D eigenvalue weighted by Crippen LogP contribution is 2.31. The van der Waals surface area contributed by atoms with Crippen LogP contribution in [0.5, 0.6) is 0 Å². The molecule has 5 heteroatoms. The number of aryl methyl sites for hydroxylation is 1. The molecule has 0 radical (unpaired) electrons. The molecule has 3 rings (SSSR count). The maximum absolute atomic E-state index is 14.1. The predicted octanol–water partition coefficient (Wildman–Crippen LogP) is 3.33. The Balaban J connectivity index is 1.80. The van der Waals surface area contributed by atoms with E-state index in [9.17, 15) is 4.39 Å². The van der Waals surface area contributed by atoms with Crippen molar-refractivity contribution in [2.24, 2.45) is 0 Å². The van der Waals surface area contributed by atoms with Crippen LogP contribution in [0, 0.1) is 12.7 Å². The van der Waals surface area contributed by atoms with Gasteiger partial charge in [-0.3, -0.25) is 0 Å². The van der Waals surface area contributed by atoms with Crippen molar-refractivity contribution in [1.29, 1.82) is 0 Å². The Morgan fingerprint density at radius 1 is 1.30 bits per heavy atom. The standard InChI is InChI=1S/C15H16FN3S/c1-10-7-18-15(19-8-10)20-14-11(3-2-4-13(14)16)9-17-12-5-6-12/h2-4,7-8,12,17H,5-6,9H2,1H3. The first-order valence-electron chi connectivity index (χ1n) is 6.69. The highest BCUT2D eigenvalue weighted by atomic mass is 32.2. The molecule has 20 heavy (non-hydrogen) atoms. The van der Waals surface area contributed by atoms with Gasteiger partial charge in [0.15, 0.2) is 5.16 Å². The molecule has 1 saturated carbocycles. The molecule has 0 bridgehead atoms. The Morgan fingerprint density at radius 3 is 2.75 bits per heavy atom. The number of halogens is 1. The van der Waals surface area contributed by atoms with Gasteiger partial charge >= 0.3 is 0 Å². The van der Waals surface area contributed by atoms with Crippen molar-refractivity contribution >= 4 is 11.8 Å². The van der Waals surface area contributed by atoms with E-state index in [0.29, 0.717) is 22.6 Å². The van der Waals surface area contributed by atoms with Crippen molar-refractivity contribution in [2.45, 2.75) is 42.4 Å². The molecule has 0 amide bonds. The molecule has 1 aliphatic rings. The fraction of sp³-hybridized carbons (Fsp3) is 0.333. The molecule has 1 aromatic carbocycles. The van der Waals surface area contributed by atoms with Crippen molar-refractivity contribution in [1.82, 2.24) is 15.3 Å². The zero-order valence-electron chi connectivity index (χ0n) is 11.3. The molecule has 1 N–H and O–H groups in total. The van der Waals surface area contributed by atoms with Crippen molar-refractivity contribution in [3.05, 3.63) is 47.5 Å². The van der Waals surface area contributed by atoms with Gasteiger partial charge in [-0.25, -0.2) is 14.4 Å². The summed E-state index contributed by atoms with van der Waals surface area (Å²) in [6, 6.07) is 5.79.